The van der Waals surface area contributed by atoms with Crippen LogP contribution < -0.4 is 43.0 Å². The molecule has 90 heavy (non-hydrogen) atoms. The Bertz CT molecular complexity index is 3340. The molecule has 0 spiro atoms. The zero-order valence-electron chi connectivity index (χ0n) is 53.4. The average Bonchev–Trinajstić information content (AvgIpc) is 2.02. The lowest BCUT2D eigenvalue weighted by atomic mass is 9.83. The SMILES string of the molecule is C[C@@H]1CN(CC(=O)N2CC(C)(C)c3[nH]c(=O)c(Cc4ccc(F)cc4)cc32)[C@@H](CN2CCC(CCc3c(C(N)=O)ccc(C(N)=O)c3CCC3CCN(C[C@H]4CN[C@H](C)CN4CC(=O)N4CC(C)(C)c5[nH]c(=O)c(Cc6ccc(F)cc6)cc54)CC3)CC2)CN1. The van der Waals surface area contributed by atoms with Crippen molar-refractivity contribution in [3.8, 4) is 0 Å². The quantitative estimate of drug-likeness (QED) is 0.0529. The van der Waals surface area contributed by atoms with E-state index in [1.54, 1.807) is 36.4 Å². The third kappa shape index (κ3) is 14.7. The van der Waals surface area contributed by atoms with Crippen LogP contribution in [0.5, 0.6) is 0 Å². The van der Waals surface area contributed by atoms with Gasteiger partial charge in [-0.1, -0.05) is 52.0 Å². The largest absolute Gasteiger partial charge is 0.366 e. The van der Waals surface area contributed by atoms with Gasteiger partial charge < -0.3 is 51.7 Å². The van der Waals surface area contributed by atoms with Gasteiger partial charge in [0, 0.05) is 134 Å². The molecular formula is C70H92F2N12O6. The Balaban J connectivity index is 0.676. The van der Waals surface area contributed by atoms with Gasteiger partial charge in [-0.2, -0.15) is 0 Å². The normalized spacial score (nSPS) is 22.6. The first kappa shape index (κ1) is 64.6. The van der Waals surface area contributed by atoms with Gasteiger partial charge in [0.1, 0.15) is 11.6 Å². The summed E-state index contributed by atoms with van der Waals surface area (Å²) in [5, 5.41) is 7.32. The molecule has 3 aromatic carbocycles. The Labute approximate surface area is 527 Å². The number of aromatic nitrogens is 2. The van der Waals surface area contributed by atoms with Gasteiger partial charge in [0.05, 0.1) is 24.5 Å². The van der Waals surface area contributed by atoms with Crippen molar-refractivity contribution in [2.24, 2.45) is 23.3 Å². The van der Waals surface area contributed by atoms with Crippen LogP contribution in [0.1, 0.15) is 146 Å². The molecule has 4 atom stereocenters. The molecule has 2 aromatic heterocycles. The van der Waals surface area contributed by atoms with Crippen molar-refractivity contribution in [1.82, 2.24) is 40.2 Å². The highest BCUT2D eigenvalue weighted by Crippen LogP contribution is 2.41. The zero-order valence-corrected chi connectivity index (χ0v) is 53.4. The molecule has 11 rings (SSSR count). The lowest BCUT2D eigenvalue weighted by Crippen LogP contribution is -2.61. The fourth-order valence-corrected chi connectivity index (χ4v) is 15.3. The number of fused-ring (bicyclic) bond motifs is 2. The number of hydrogen-bond acceptors (Lipinski definition) is 12. The molecule has 6 aliphatic rings. The Morgan fingerprint density at radius 1 is 0.556 bits per heavy atom. The van der Waals surface area contributed by atoms with Gasteiger partial charge in [-0.3, -0.25) is 38.6 Å². The summed E-state index contributed by atoms with van der Waals surface area (Å²) in [5.41, 5.74) is 19.1. The zero-order chi connectivity index (χ0) is 63.8. The second-order valence-corrected chi connectivity index (χ2v) is 28.3. The molecule has 4 amide bonds. The van der Waals surface area contributed by atoms with Gasteiger partial charge in [0.2, 0.25) is 23.6 Å². The maximum Gasteiger partial charge on any atom is 0.251 e. The van der Waals surface area contributed by atoms with E-state index in [-0.39, 0.29) is 71.8 Å². The number of anilines is 2. The Morgan fingerprint density at radius 2 is 0.922 bits per heavy atom. The molecule has 0 radical (unpaired) electrons. The van der Waals surface area contributed by atoms with Crippen LogP contribution in [0.25, 0.3) is 0 Å². The number of amides is 4. The number of pyridine rings is 2. The molecule has 0 bridgehead atoms. The highest BCUT2D eigenvalue weighted by molar-refractivity contribution is 6.00. The monoisotopic (exact) mass is 1230 g/mol. The number of nitrogens with zero attached hydrogens (tertiary/aromatic N) is 6. The lowest BCUT2D eigenvalue weighted by molar-refractivity contribution is -0.121. The molecule has 5 aromatic rings. The number of nitrogens with two attached hydrogens (primary N) is 2. The number of piperazine rings is 2. The van der Waals surface area contributed by atoms with Gasteiger partial charge in [-0.15, -0.1) is 0 Å². The standard InChI is InChI=1S/C70H92F2N12O6/c1-43-35-81(39-61(85)83-41-69(3,4)63-59(83)31-49(67(89)77-63)29-47-7-13-51(71)14-8-47)53(33-75-43)37-79-25-21-45(22-26-79)11-17-55-56(58(66(74)88)20-19-57(55)65(73)87)18-12-46-23-27-80(28-24-46)38-54-34-76-44(2)36-82(54)40-62(86)84-42-70(5,6)64-60(84)32-50(68(90)78-64)30-48-9-15-52(72)16-10-48/h7-10,13-16,19-20,31-32,43-46,53-54,75-76H,11-12,17-18,21-30,33-42H2,1-6H3,(H2,73,87)(H2,74,88)(H,77,89)(H,78,90)/t43-,44-,53-,54-/m1/s1. The molecule has 20 heteroatoms. The molecule has 4 saturated heterocycles. The van der Waals surface area contributed by atoms with Crippen LogP contribution in [0, 0.1) is 23.5 Å². The first-order chi connectivity index (χ1) is 42.9. The minimum atomic E-state index is -0.511. The third-order valence-corrected chi connectivity index (χ3v) is 20.5. The summed E-state index contributed by atoms with van der Waals surface area (Å²) in [4.78, 5) is 101. The summed E-state index contributed by atoms with van der Waals surface area (Å²) in [6, 6.07) is 20.0. The number of piperidine rings is 2. The molecule has 0 unspecified atom stereocenters. The van der Waals surface area contributed by atoms with Gasteiger partial charge in [0.15, 0.2) is 0 Å². The number of hydrogen-bond donors (Lipinski definition) is 6. The molecule has 8 heterocycles. The van der Waals surface area contributed by atoms with Crippen LogP contribution in [-0.2, 0) is 46.1 Å². The number of halogens is 2. The number of likely N-dealkylation sites (tertiary alicyclic amines) is 2. The number of carbonyl (C=O) groups is 4. The number of H-pyrrole nitrogens is 2. The summed E-state index contributed by atoms with van der Waals surface area (Å²) in [6.45, 7) is 22.1. The molecule has 18 nitrogen and oxygen atoms in total. The van der Waals surface area contributed by atoms with Crippen molar-refractivity contribution >= 4 is 35.0 Å². The molecule has 0 saturated carbocycles. The Kier molecular flexibility index (Phi) is 19.4. The smallest absolute Gasteiger partial charge is 0.251 e. The third-order valence-electron chi connectivity index (χ3n) is 20.5. The van der Waals surface area contributed by atoms with Gasteiger partial charge >= 0.3 is 0 Å². The van der Waals surface area contributed by atoms with E-state index < -0.39 is 22.6 Å². The summed E-state index contributed by atoms with van der Waals surface area (Å²) >= 11 is 0. The van der Waals surface area contributed by atoms with Crippen molar-refractivity contribution in [3.05, 3.63) is 161 Å². The summed E-state index contributed by atoms with van der Waals surface area (Å²) in [6.07, 6.45) is 7.46. The van der Waals surface area contributed by atoms with Crippen molar-refractivity contribution in [1.29, 1.82) is 0 Å². The van der Waals surface area contributed by atoms with Crippen molar-refractivity contribution in [3.63, 3.8) is 0 Å². The highest BCUT2D eigenvalue weighted by atomic mass is 19.1. The number of aromatic amines is 2. The van der Waals surface area contributed by atoms with E-state index in [0.29, 0.717) is 72.9 Å². The van der Waals surface area contributed by atoms with E-state index in [9.17, 15) is 37.5 Å². The molecule has 482 valence electrons. The van der Waals surface area contributed by atoms with Crippen LogP contribution in [-0.4, -0.2) is 169 Å². The van der Waals surface area contributed by atoms with Crippen LogP contribution in [0.3, 0.4) is 0 Å². The van der Waals surface area contributed by atoms with E-state index >= 15 is 0 Å². The van der Waals surface area contributed by atoms with Crippen LogP contribution in [0.4, 0.5) is 20.2 Å². The Hall–Kier alpha value is -6.94. The number of carbonyl (C=O) groups excluding carboxylic acids is 4. The topological polar surface area (TPSA) is 230 Å². The molecular weight excluding hydrogens is 1140 g/mol. The maximum absolute atomic E-state index is 14.5. The fraction of sp³-hybridized carbons (Fsp3) is 0.543. The molecule has 4 fully saturated rings. The van der Waals surface area contributed by atoms with E-state index in [1.165, 1.54) is 24.3 Å². The number of nitrogens with one attached hydrogen (secondary N) is 4. The number of benzene rings is 3. The molecule has 0 aliphatic carbocycles. The average molecular weight is 1240 g/mol. The van der Waals surface area contributed by atoms with Gasteiger partial charge in [0.25, 0.3) is 11.1 Å². The minimum Gasteiger partial charge on any atom is -0.366 e. The van der Waals surface area contributed by atoms with Gasteiger partial charge in [-0.05, 0) is 174 Å². The van der Waals surface area contributed by atoms with Crippen LogP contribution >= 0.6 is 0 Å². The number of rotatable bonds is 20. The van der Waals surface area contributed by atoms with Crippen molar-refractivity contribution < 1.29 is 28.0 Å². The summed E-state index contributed by atoms with van der Waals surface area (Å²) in [7, 11) is 0. The maximum atomic E-state index is 14.5. The minimum absolute atomic E-state index is 0.00772. The van der Waals surface area contributed by atoms with Crippen LogP contribution in [0.15, 0.2) is 82.4 Å². The van der Waals surface area contributed by atoms with Gasteiger partial charge in [-0.25, -0.2) is 8.78 Å². The Morgan fingerprint density at radius 3 is 1.28 bits per heavy atom. The summed E-state index contributed by atoms with van der Waals surface area (Å²) in [5.74, 6) is -0.911. The van der Waals surface area contributed by atoms with E-state index in [4.69, 9.17) is 11.5 Å². The van der Waals surface area contributed by atoms with Crippen LogP contribution in [0.2, 0.25) is 0 Å². The first-order valence-electron chi connectivity index (χ1n) is 32.7. The van der Waals surface area contributed by atoms with E-state index in [1.807, 2.05) is 49.6 Å². The first-order valence-corrected chi connectivity index (χ1v) is 32.7. The lowest BCUT2D eigenvalue weighted by Gasteiger charge is -2.43. The van der Waals surface area contributed by atoms with Crippen molar-refractivity contribution in [2.75, 3.05) is 101 Å². The summed E-state index contributed by atoms with van der Waals surface area (Å²) < 4.78 is 27.4. The predicted octanol–water partition coefficient (Wildman–Crippen LogP) is 5.98. The van der Waals surface area contributed by atoms with Crippen molar-refractivity contribution in [2.45, 2.75) is 141 Å². The predicted molar refractivity (Wildman–Crippen MR) is 347 cm³/mol. The van der Waals surface area contributed by atoms with E-state index in [0.717, 1.165) is 149 Å². The fourth-order valence-electron chi connectivity index (χ4n) is 15.3. The molecule has 8 N–H and O–H groups in total. The second-order valence-electron chi connectivity index (χ2n) is 28.3. The number of primary amides is 2. The molecule has 6 aliphatic heterocycles. The second kappa shape index (κ2) is 27.1. The van der Waals surface area contributed by atoms with E-state index in [2.05, 4.69) is 54.0 Å². The highest BCUT2D eigenvalue weighted by Gasteiger charge is 2.43.